The Morgan fingerprint density at radius 3 is 2.36 bits per heavy atom. The maximum absolute atomic E-state index is 12.7. The van der Waals surface area contributed by atoms with Gasteiger partial charge in [0, 0.05) is 31.5 Å². The van der Waals surface area contributed by atoms with Gasteiger partial charge in [-0.2, -0.15) is 0 Å². The van der Waals surface area contributed by atoms with Gasteiger partial charge < -0.3 is 14.8 Å². The first-order valence-electron chi connectivity index (χ1n) is 7.59. The molecule has 0 saturated heterocycles. The second-order valence-electron chi connectivity index (χ2n) is 6.11. The molecule has 4 heteroatoms. The molecule has 1 amide bonds. The van der Waals surface area contributed by atoms with Gasteiger partial charge in [-0.1, -0.05) is 12.1 Å². The van der Waals surface area contributed by atoms with Crippen molar-refractivity contribution >= 4 is 17.3 Å². The van der Waals surface area contributed by atoms with Crippen molar-refractivity contribution in [1.29, 1.82) is 0 Å². The normalized spacial score (nSPS) is 10.9. The van der Waals surface area contributed by atoms with Crippen LogP contribution in [0, 0.1) is 13.8 Å². The lowest BCUT2D eigenvalue weighted by Gasteiger charge is -2.18. The van der Waals surface area contributed by atoms with Crippen LogP contribution < -0.4 is 10.2 Å². The zero-order chi connectivity index (χ0) is 16.4. The molecule has 1 aromatic carbocycles. The van der Waals surface area contributed by atoms with Crippen molar-refractivity contribution < 1.29 is 4.79 Å². The first-order chi connectivity index (χ1) is 10.3. The molecule has 0 saturated carbocycles. The topological polar surface area (TPSA) is 37.3 Å². The number of hydrogen-bond donors (Lipinski definition) is 1. The predicted octanol–water partition coefficient (Wildman–Crippen LogP) is 4.00. The number of nitrogens with zero attached hydrogens (tertiary/aromatic N) is 2. The van der Waals surface area contributed by atoms with Crippen LogP contribution in [0.1, 0.15) is 41.6 Å². The Morgan fingerprint density at radius 1 is 1.18 bits per heavy atom. The van der Waals surface area contributed by atoms with Gasteiger partial charge in [0.15, 0.2) is 0 Å². The van der Waals surface area contributed by atoms with Crippen LogP contribution in [-0.2, 0) is 0 Å². The van der Waals surface area contributed by atoms with Gasteiger partial charge in [-0.25, -0.2) is 0 Å². The number of aryl methyl sites for hydroxylation is 1. The van der Waals surface area contributed by atoms with E-state index in [4.69, 9.17) is 0 Å². The third-order valence-electron chi connectivity index (χ3n) is 3.88. The Bertz CT molecular complexity index is 684. The number of carbonyl (C=O) groups is 1. The van der Waals surface area contributed by atoms with E-state index in [9.17, 15) is 4.79 Å². The molecule has 2 aromatic rings. The van der Waals surface area contributed by atoms with Gasteiger partial charge in [0.1, 0.15) is 0 Å². The van der Waals surface area contributed by atoms with Crippen LogP contribution in [0.3, 0.4) is 0 Å². The molecule has 1 aromatic heterocycles. The van der Waals surface area contributed by atoms with E-state index in [1.54, 1.807) is 0 Å². The van der Waals surface area contributed by atoms with E-state index in [0.717, 1.165) is 28.3 Å². The minimum Gasteiger partial charge on any atom is -0.376 e. The molecule has 0 aliphatic heterocycles. The Kier molecular flexibility index (Phi) is 4.59. The molecule has 0 atom stereocenters. The number of benzene rings is 1. The third-order valence-corrected chi connectivity index (χ3v) is 3.88. The summed E-state index contributed by atoms with van der Waals surface area (Å²) in [6, 6.07) is 10.1. The molecule has 4 nitrogen and oxygen atoms in total. The van der Waals surface area contributed by atoms with E-state index in [-0.39, 0.29) is 5.91 Å². The number of carbonyl (C=O) groups excluding carboxylic acids is 1. The highest BCUT2D eigenvalue weighted by Crippen LogP contribution is 2.26. The highest BCUT2D eigenvalue weighted by molar-refractivity contribution is 6.06. The van der Waals surface area contributed by atoms with Gasteiger partial charge in [0.05, 0.1) is 16.9 Å². The van der Waals surface area contributed by atoms with Crippen LogP contribution in [0.2, 0.25) is 0 Å². The molecule has 22 heavy (non-hydrogen) atoms. The smallest absolute Gasteiger partial charge is 0.257 e. The monoisotopic (exact) mass is 299 g/mol. The summed E-state index contributed by atoms with van der Waals surface area (Å²) in [5.41, 5.74) is 4.67. The number of aromatic nitrogens is 1. The molecule has 0 bridgehead atoms. The average Bonchev–Trinajstić information content (AvgIpc) is 2.74. The lowest BCUT2D eigenvalue weighted by atomic mass is 10.2. The van der Waals surface area contributed by atoms with E-state index in [0.29, 0.717) is 6.04 Å². The number of hydrogen-bond acceptors (Lipinski definition) is 2. The molecule has 2 rings (SSSR count). The first kappa shape index (κ1) is 16.1. The van der Waals surface area contributed by atoms with Crippen molar-refractivity contribution in [3.05, 3.63) is 47.3 Å². The van der Waals surface area contributed by atoms with Crippen molar-refractivity contribution in [3.8, 4) is 0 Å². The Labute approximate surface area is 132 Å². The van der Waals surface area contributed by atoms with Gasteiger partial charge in [0.2, 0.25) is 0 Å². The van der Waals surface area contributed by atoms with Crippen LogP contribution >= 0.6 is 0 Å². The van der Waals surface area contributed by atoms with E-state index in [1.807, 2.05) is 63.2 Å². The average molecular weight is 299 g/mol. The summed E-state index contributed by atoms with van der Waals surface area (Å²) in [5.74, 6) is -0.0608. The predicted molar refractivity (Wildman–Crippen MR) is 93.0 cm³/mol. The number of nitrogens with one attached hydrogen (secondary N) is 1. The second kappa shape index (κ2) is 6.26. The molecule has 0 aliphatic rings. The summed E-state index contributed by atoms with van der Waals surface area (Å²) in [7, 11) is 3.94. The van der Waals surface area contributed by atoms with Crippen molar-refractivity contribution in [2.45, 2.75) is 33.7 Å². The molecular weight excluding hydrogens is 274 g/mol. The van der Waals surface area contributed by atoms with Crippen LogP contribution in [0.25, 0.3) is 0 Å². The molecule has 1 N–H and O–H groups in total. The van der Waals surface area contributed by atoms with E-state index in [1.165, 1.54) is 0 Å². The lowest BCUT2D eigenvalue weighted by Crippen LogP contribution is -2.17. The Hall–Kier alpha value is -2.23. The molecule has 118 valence electrons. The van der Waals surface area contributed by atoms with Crippen LogP contribution in [0.5, 0.6) is 0 Å². The Morgan fingerprint density at radius 2 is 1.82 bits per heavy atom. The summed E-state index contributed by atoms with van der Waals surface area (Å²) in [6.45, 7) is 8.30. The van der Waals surface area contributed by atoms with Gasteiger partial charge >= 0.3 is 0 Å². The number of anilines is 2. The highest BCUT2D eigenvalue weighted by Gasteiger charge is 2.18. The van der Waals surface area contributed by atoms with E-state index in [2.05, 4.69) is 23.7 Å². The number of amides is 1. The third kappa shape index (κ3) is 3.01. The van der Waals surface area contributed by atoms with Gasteiger partial charge in [0.25, 0.3) is 5.91 Å². The standard InChI is InChI=1S/C18H25N3O/c1-12(2)21-13(3)11-15(14(21)4)18(22)19-16-9-7-8-10-17(16)20(5)6/h7-12H,1-6H3,(H,19,22). The zero-order valence-electron chi connectivity index (χ0n) is 14.3. The molecule has 0 unspecified atom stereocenters. The van der Waals surface area contributed by atoms with Crippen molar-refractivity contribution in [2.75, 3.05) is 24.3 Å². The summed E-state index contributed by atoms with van der Waals surface area (Å²) >= 11 is 0. The van der Waals surface area contributed by atoms with Gasteiger partial charge in [-0.05, 0) is 45.9 Å². The van der Waals surface area contributed by atoms with Crippen LogP contribution in [0.4, 0.5) is 11.4 Å². The van der Waals surface area contributed by atoms with Gasteiger partial charge in [-0.3, -0.25) is 4.79 Å². The van der Waals surface area contributed by atoms with Crippen molar-refractivity contribution in [2.24, 2.45) is 0 Å². The summed E-state index contributed by atoms with van der Waals surface area (Å²) < 4.78 is 2.19. The molecule has 0 radical (unpaired) electrons. The van der Waals surface area contributed by atoms with Crippen molar-refractivity contribution in [1.82, 2.24) is 4.57 Å². The highest BCUT2D eigenvalue weighted by atomic mass is 16.1. The van der Waals surface area contributed by atoms with Crippen LogP contribution in [0.15, 0.2) is 30.3 Å². The number of rotatable bonds is 4. The van der Waals surface area contributed by atoms with E-state index >= 15 is 0 Å². The van der Waals surface area contributed by atoms with E-state index < -0.39 is 0 Å². The molecule has 1 heterocycles. The molecule has 0 aliphatic carbocycles. The minimum absolute atomic E-state index is 0.0608. The first-order valence-corrected chi connectivity index (χ1v) is 7.59. The van der Waals surface area contributed by atoms with Crippen molar-refractivity contribution in [3.63, 3.8) is 0 Å². The fourth-order valence-corrected chi connectivity index (χ4v) is 2.96. The SMILES string of the molecule is Cc1cc(C(=O)Nc2ccccc2N(C)C)c(C)n1C(C)C. The largest absolute Gasteiger partial charge is 0.376 e. The Balaban J connectivity index is 2.33. The second-order valence-corrected chi connectivity index (χ2v) is 6.11. The fourth-order valence-electron chi connectivity index (χ4n) is 2.96. The maximum Gasteiger partial charge on any atom is 0.257 e. The van der Waals surface area contributed by atoms with Gasteiger partial charge in [-0.15, -0.1) is 0 Å². The zero-order valence-corrected chi connectivity index (χ0v) is 14.3. The lowest BCUT2D eigenvalue weighted by molar-refractivity contribution is 0.102. The summed E-state index contributed by atoms with van der Waals surface area (Å²) in [4.78, 5) is 14.6. The fraction of sp³-hybridized carbons (Fsp3) is 0.389. The molecule has 0 spiro atoms. The quantitative estimate of drug-likeness (QED) is 0.926. The summed E-state index contributed by atoms with van der Waals surface area (Å²) in [6.07, 6.45) is 0. The summed E-state index contributed by atoms with van der Waals surface area (Å²) in [5, 5.41) is 3.03. The minimum atomic E-state index is -0.0608. The molecule has 0 fully saturated rings. The maximum atomic E-state index is 12.7. The molecular formula is C18H25N3O. The van der Waals surface area contributed by atoms with Crippen LogP contribution in [-0.4, -0.2) is 24.6 Å². The number of para-hydroxylation sites is 2.